The number of para-hydroxylation sites is 1. The van der Waals surface area contributed by atoms with Crippen LogP contribution in [0, 0.1) is 6.92 Å². The molecule has 0 unspecified atom stereocenters. The lowest BCUT2D eigenvalue weighted by Crippen LogP contribution is -2.19. The maximum Gasteiger partial charge on any atom is 0.265 e. The van der Waals surface area contributed by atoms with Crippen LogP contribution in [0.15, 0.2) is 90.0 Å². The predicted molar refractivity (Wildman–Crippen MR) is 142 cm³/mol. The zero-order chi connectivity index (χ0) is 24.3. The summed E-state index contributed by atoms with van der Waals surface area (Å²) in [6.07, 6.45) is 1.61. The van der Waals surface area contributed by atoms with E-state index in [0.717, 1.165) is 49.7 Å². The molecule has 0 atom stereocenters. The van der Waals surface area contributed by atoms with Crippen LogP contribution in [0.25, 0.3) is 49.5 Å². The first-order valence-corrected chi connectivity index (χ1v) is 11.7. The molecule has 0 saturated heterocycles. The van der Waals surface area contributed by atoms with Gasteiger partial charge in [-0.1, -0.05) is 48.5 Å². The van der Waals surface area contributed by atoms with E-state index in [1.807, 2.05) is 61.5 Å². The number of rotatable bonds is 3. The molecule has 5 nitrogen and oxygen atoms in total. The zero-order valence-corrected chi connectivity index (χ0v) is 19.8. The van der Waals surface area contributed by atoms with Gasteiger partial charge in [0.05, 0.1) is 22.2 Å². The monoisotopic (exact) mass is 459 g/mol. The number of H-pyrrole nitrogens is 1. The van der Waals surface area contributed by atoms with Gasteiger partial charge in [-0.25, -0.2) is 4.98 Å². The number of nitrogens with one attached hydrogen (secondary N) is 1. The first-order chi connectivity index (χ1) is 16.8. The van der Waals surface area contributed by atoms with Crippen LogP contribution in [0.4, 0.5) is 0 Å². The lowest BCUT2D eigenvalue weighted by atomic mass is 9.93. The normalized spacial score (nSPS) is 12.1. The maximum atomic E-state index is 13.3. The fourth-order valence-corrected chi connectivity index (χ4v) is 4.98. The van der Waals surface area contributed by atoms with Crippen molar-refractivity contribution < 1.29 is 5.11 Å². The van der Waals surface area contributed by atoms with Crippen LogP contribution in [0.1, 0.15) is 25.0 Å². The molecular formula is C30H25N3O2. The van der Waals surface area contributed by atoms with E-state index < -0.39 is 5.60 Å². The molecule has 2 aromatic heterocycles. The molecule has 2 heterocycles. The molecule has 0 amide bonds. The standard InChI is InChI=1S/C30H25N3O2/c1-18-20(9-7-13-27(18)33-17-31-24-11-5-4-8-23(24)29(33)34)21-10-6-12-25-28(21)22-15-14-19(30(2,3)35)16-26(22)32-25/h4-17,32,35H,1-3H3. The van der Waals surface area contributed by atoms with E-state index in [9.17, 15) is 9.90 Å². The Morgan fingerprint density at radius 1 is 0.857 bits per heavy atom. The van der Waals surface area contributed by atoms with Crippen molar-refractivity contribution in [2.75, 3.05) is 0 Å². The van der Waals surface area contributed by atoms with Gasteiger partial charge in [-0.3, -0.25) is 9.36 Å². The minimum absolute atomic E-state index is 0.0831. The summed E-state index contributed by atoms with van der Waals surface area (Å²) in [6, 6.07) is 25.8. The number of hydrogen-bond donors (Lipinski definition) is 2. The number of nitrogens with zero attached hydrogens (tertiary/aromatic N) is 2. The van der Waals surface area contributed by atoms with Crippen molar-refractivity contribution in [1.29, 1.82) is 0 Å². The fraction of sp³-hybridized carbons (Fsp3) is 0.133. The first-order valence-electron chi connectivity index (χ1n) is 11.7. The molecule has 35 heavy (non-hydrogen) atoms. The molecule has 0 spiro atoms. The Balaban J connectivity index is 1.58. The quantitative estimate of drug-likeness (QED) is 0.330. The molecule has 2 N–H and O–H groups in total. The number of aliphatic hydroxyl groups is 1. The van der Waals surface area contributed by atoms with E-state index in [-0.39, 0.29) is 5.56 Å². The third kappa shape index (κ3) is 3.35. The Bertz CT molecular complexity index is 1820. The number of hydrogen-bond acceptors (Lipinski definition) is 3. The Kier molecular flexibility index (Phi) is 4.66. The zero-order valence-electron chi connectivity index (χ0n) is 19.8. The lowest BCUT2D eigenvalue weighted by Gasteiger charge is -2.17. The van der Waals surface area contributed by atoms with Crippen molar-refractivity contribution in [3.8, 4) is 16.8 Å². The summed E-state index contributed by atoms with van der Waals surface area (Å²) in [7, 11) is 0. The Morgan fingerprint density at radius 2 is 1.63 bits per heavy atom. The van der Waals surface area contributed by atoms with E-state index in [2.05, 4.69) is 34.2 Å². The average molecular weight is 460 g/mol. The van der Waals surface area contributed by atoms with Gasteiger partial charge in [0.25, 0.3) is 5.56 Å². The Labute approximate surface area is 202 Å². The van der Waals surface area contributed by atoms with Crippen LogP contribution >= 0.6 is 0 Å². The molecule has 4 aromatic carbocycles. The number of aromatic nitrogens is 3. The van der Waals surface area contributed by atoms with E-state index in [1.165, 1.54) is 0 Å². The summed E-state index contributed by atoms with van der Waals surface area (Å²) in [5, 5.41) is 13.3. The van der Waals surface area contributed by atoms with Crippen LogP contribution in [0.5, 0.6) is 0 Å². The second-order valence-corrected chi connectivity index (χ2v) is 9.56. The topological polar surface area (TPSA) is 70.9 Å². The van der Waals surface area contributed by atoms with Crippen molar-refractivity contribution in [1.82, 2.24) is 14.5 Å². The number of fused-ring (bicyclic) bond motifs is 4. The smallest absolute Gasteiger partial charge is 0.265 e. The van der Waals surface area contributed by atoms with Crippen molar-refractivity contribution >= 4 is 32.7 Å². The predicted octanol–water partition coefficient (Wildman–Crippen LogP) is 6.22. The van der Waals surface area contributed by atoms with Crippen LogP contribution in [-0.4, -0.2) is 19.6 Å². The van der Waals surface area contributed by atoms with Crippen molar-refractivity contribution in [2.45, 2.75) is 26.4 Å². The average Bonchev–Trinajstić information content (AvgIpc) is 3.23. The van der Waals surface area contributed by atoms with Crippen molar-refractivity contribution in [3.63, 3.8) is 0 Å². The minimum Gasteiger partial charge on any atom is -0.386 e. The van der Waals surface area contributed by atoms with Crippen molar-refractivity contribution in [3.05, 3.63) is 107 Å². The third-order valence-corrected chi connectivity index (χ3v) is 6.85. The minimum atomic E-state index is -0.916. The molecule has 0 aliphatic rings. The number of benzene rings is 4. The highest BCUT2D eigenvalue weighted by molar-refractivity contribution is 6.14. The fourth-order valence-electron chi connectivity index (χ4n) is 4.98. The summed E-state index contributed by atoms with van der Waals surface area (Å²) in [5.41, 5.74) is 6.52. The van der Waals surface area contributed by atoms with Crippen molar-refractivity contribution in [2.24, 2.45) is 0 Å². The molecule has 0 radical (unpaired) electrons. The Morgan fingerprint density at radius 3 is 2.46 bits per heavy atom. The molecular weight excluding hydrogens is 434 g/mol. The second kappa shape index (κ2) is 7.65. The van der Waals surface area contributed by atoms with Gasteiger partial charge in [-0.05, 0) is 73.4 Å². The van der Waals surface area contributed by atoms with E-state index in [1.54, 1.807) is 24.7 Å². The Hall–Kier alpha value is -4.22. The van der Waals surface area contributed by atoms with Crippen LogP contribution in [0.2, 0.25) is 0 Å². The largest absolute Gasteiger partial charge is 0.386 e. The first kappa shape index (κ1) is 21.3. The van der Waals surface area contributed by atoms with Gasteiger partial charge in [0, 0.05) is 21.8 Å². The lowest BCUT2D eigenvalue weighted by molar-refractivity contribution is 0.0787. The summed E-state index contributed by atoms with van der Waals surface area (Å²) in [6.45, 7) is 5.63. The molecule has 0 saturated carbocycles. The van der Waals surface area contributed by atoms with Gasteiger partial charge in [0.2, 0.25) is 0 Å². The molecule has 172 valence electrons. The highest BCUT2D eigenvalue weighted by Gasteiger charge is 2.19. The second-order valence-electron chi connectivity index (χ2n) is 9.56. The highest BCUT2D eigenvalue weighted by Crippen LogP contribution is 2.38. The maximum absolute atomic E-state index is 13.3. The van der Waals surface area contributed by atoms with Crippen LogP contribution < -0.4 is 5.56 Å². The van der Waals surface area contributed by atoms with Gasteiger partial charge in [0.1, 0.15) is 6.33 Å². The summed E-state index contributed by atoms with van der Waals surface area (Å²) < 4.78 is 1.63. The van der Waals surface area contributed by atoms with Gasteiger partial charge in [-0.15, -0.1) is 0 Å². The molecule has 6 aromatic rings. The van der Waals surface area contributed by atoms with Gasteiger partial charge in [-0.2, -0.15) is 0 Å². The summed E-state index contributed by atoms with van der Waals surface area (Å²) in [4.78, 5) is 21.3. The molecule has 0 fully saturated rings. The van der Waals surface area contributed by atoms with E-state index in [0.29, 0.717) is 10.9 Å². The third-order valence-electron chi connectivity index (χ3n) is 6.85. The van der Waals surface area contributed by atoms with E-state index in [4.69, 9.17) is 0 Å². The summed E-state index contributed by atoms with van der Waals surface area (Å²) >= 11 is 0. The van der Waals surface area contributed by atoms with Gasteiger partial charge >= 0.3 is 0 Å². The molecule has 0 bridgehead atoms. The van der Waals surface area contributed by atoms with Gasteiger partial charge in [0.15, 0.2) is 0 Å². The van der Waals surface area contributed by atoms with Crippen LogP contribution in [-0.2, 0) is 5.60 Å². The molecule has 0 aliphatic heterocycles. The van der Waals surface area contributed by atoms with Gasteiger partial charge < -0.3 is 10.1 Å². The SMILES string of the molecule is Cc1c(-c2cccc3[nH]c4cc(C(C)(C)O)ccc4c23)cccc1-n1cnc2ccccc2c1=O. The molecule has 5 heteroatoms. The highest BCUT2D eigenvalue weighted by atomic mass is 16.3. The summed E-state index contributed by atoms with van der Waals surface area (Å²) in [5.74, 6) is 0. The molecule has 6 rings (SSSR count). The molecule has 0 aliphatic carbocycles. The number of aromatic amines is 1. The van der Waals surface area contributed by atoms with Crippen LogP contribution in [0.3, 0.4) is 0 Å². The van der Waals surface area contributed by atoms with E-state index >= 15 is 0 Å².